The zero-order valence-electron chi connectivity index (χ0n) is 10.7. The molecule has 0 atom stereocenters. The molecular weight excluding hydrogens is 294 g/mol. The molecule has 0 bridgehead atoms. The minimum absolute atomic E-state index is 0.239. The smallest absolute Gasteiger partial charge is 0.281 e. The van der Waals surface area contributed by atoms with E-state index in [1.807, 2.05) is 0 Å². The van der Waals surface area contributed by atoms with Crippen molar-refractivity contribution in [2.24, 2.45) is 7.05 Å². The van der Waals surface area contributed by atoms with E-state index < -0.39 is 27.7 Å². The van der Waals surface area contributed by atoms with Crippen molar-refractivity contribution in [3.05, 3.63) is 28.9 Å². The molecule has 2 rings (SSSR count). The van der Waals surface area contributed by atoms with Gasteiger partial charge in [-0.2, -0.15) is 0 Å². The summed E-state index contributed by atoms with van der Waals surface area (Å²) in [6.45, 7) is 1.60. The molecule has 0 aliphatic rings. The molecule has 0 aliphatic heterocycles. The average molecular weight is 306 g/mol. The Bertz CT molecular complexity index is 708. The second kappa shape index (κ2) is 5.27. The maximum atomic E-state index is 12.8. The van der Waals surface area contributed by atoms with Crippen molar-refractivity contribution in [2.45, 2.75) is 24.9 Å². The lowest BCUT2D eigenvalue weighted by Gasteiger charge is -2.04. The standard InChI is InChI=1S/C10H12F2N4O3S/c1-6-7(3-19-14-6)4-20(17,18)5-8-9(10(11)12)16(2)15-13-8/h3,10H,4-5H2,1-2H3. The third-order valence-electron chi connectivity index (χ3n) is 2.73. The summed E-state index contributed by atoms with van der Waals surface area (Å²) in [4.78, 5) is 0. The highest BCUT2D eigenvalue weighted by Gasteiger charge is 2.25. The lowest BCUT2D eigenvalue weighted by molar-refractivity contribution is 0.140. The molecule has 10 heteroatoms. The molecular formula is C10H12F2N4O3S. The van der Waals surface area contributed by atoms with Gasteiger partial charge in [0.1, 0.15) is 17.7 Å². The van der Waals surface area contributed by atoms with Crippen molar-refractivity contribution in [1.29, 1.82) is 0 Å². The molecule has 0 saturated carbocycles. The van der Waals surface area contributed by atoms with Crippen LogP contribution in [-0.2, 0) is 28.4 Å². The summed E-state index contributed by atoms with van der Waals surface area (Å²) in [5.41, 5.74) is 0.113. The van der Waals surface area contributed by atoms with Crippen molar-refractivity contribution in [3.63, 3.8) is 0 Å². The van der Waals surface area contributed by atoms with Gasteiger partial charge in [-0.25, -0.2) is 21.9 Å². The van der Waals surface area contributed by atoms with Crippen LogP contribution in [0.5, 0.6) is 0 Å². The number of aryl methyl sites for hydroxylation is 2. The van der Waals surface area contributed by atoms with Crippen LogP contribution < -0.4 is 0 Å². The van der Waals surface area contributed by atoms with E-state index in [4.69, 9.17) is 0 Å². The van der Waals surface area contributed by atoms with Gasteiger partial charge in [0.25, 0.3) is 6.43 Å². The van der Waals surface area contributed by atoms with E-state index in [0.717, 1.165) is 4.68 Å². The predicted molar refractivity (Wildman–Crippen MR) is 63.5 cm³/mol. The summed E-state index contributed by atoms with van der Waals surface area (Å²) in [6, 6.07) is 0. The van der Waals surface area contributed by atoms with Gasteiger partial charge in [-0.3, -0.25) is 0 Å². The Hall–Kier alpha value is -1.84. The van der Waals surface area contributed by atoms with E-state index in [-0.39, 0.29) is 11.4 Å². The van der Waals surface area contributed by atoms with Crippen LogP contribution in [0.2, 0.25) is 0 Å². The Morgan fingerprint density at radius 1 is 1.40 bits per heavy atom. The normalized spacial score (nSPS) is 12.2. The Kier molecular flexibility index (Phi) is 3.84. The van der Waals surface area contributed by atoms with E-state index in [1.54, 1.807) is 6.92 Å². The summed E-state index contributed by atoms with van der Waals surface area (Å²) in [6.07, 6.45) is -1.62. The first kappa shape index (κ1) is 14.6. The first-order chi connectivity index (χ1) is 9.30. The highest BCUT2D eigenvalue weighted by molar-refractivity contribution is 7.89. The number of sulfone groups is 1. The molecule has 0 N–H and O–H groups in total. The quantitative estimate of drug-likeness (QED) is 0.823. The number of halogens is 2. The van der Waals surface area contributed by atoms with Gasteiger partial charge in [0, 0.05) is 12.6 Å². The van der Waals surface area contributed by atoms with E-state index in [9.17, 15) is 17.2 Å². The second-order valence-electron chi connectivity index (χ2n) is 4.30. The fourth-order valence-corrected chi connectivity index (χ4v) is 3.20. The van der Waals surface area contributed by atoms with Crippen LogP contribution in [0.1, 0.15) is 29.1 Å². The van der Waals surface area contributed by atoms with Crippen LogP contribution in [0.4, 0.5) is 8.78 Å². The molecule has 0 amide bonds. The van der Waals surface area contributed by atoms with Crippen LogP contribution in [0.15, 0.2) is 10.8 Å². The maximum Gasteiger partial charge on any atom is 0.281 e. The van der Waals surface area contributed by atoms with Gasteiger partial charge in [-0.15, -0.1) is 5.10 Å². The molecule has 0 fully saturated rings. The van der Waals surface area contributed by atoms with E-state index in [2.05, 4.69) is 20.0 Å². The highest BCUT2D eigenvalue weighted by atomic mass is 32.2. The molecule has 110 valence electrons. The number of rotatable bonds is 5. The van der Waals surface area contributed by atoms with Gasteiger partial charge in [0.05, 0.1) is 17.2 Å². The largest absolute Gasteiger partial charge is 0.364 e. The lowest BCUT2D eigenvalue weighted by Crippen LogP contribution is -2.10. The molecule has 0 radical (unpaired) electrons. The molecule has 0 saturated heterocycles. The maximum absolute atomic E-state index is 12.8. The second-order valence-corrected chi connectivity index (χ2v) is 6.37. The Morgan fingerprint density at radius 3 is 2.65 bits per heavy atom. The summed E-state index contributed by atoms with van der Waals surface area (Å²) in [5.74, 6) is -0.952. The first-order valence-corrected chi connectivity index (χ1v) is 7.39. The molecule has 2 aromatic rings. The van der Waals surface area contributed by atoms with E-state index >= 15 is 0 Å². The van der Waals surface area contributed by atoms with Gasteiger partial charge in [0.2, 0.25) is 0 Å². The average Bonchev–Trinajstić information content (AvgIpc) is 2.85. The summed E-state index contributed by atoms with van der Waals surface area (Å²) < 4.78 is 55.2. The zero-order valence-corrected chi connectivity index (χ0v) is 11.6. The van der Waals surface area contributed by atoms with Crippen LogP contribution >= 0.6 is 0 Å². The molecule has 0 aromatic carbocycles. The third kappa shape index (κ3) is 3.00. The molecule has 20 heavy (non-hydrogen) atoms. The van der Waals surface area contributed by atoms with Crippen LogP contribution in [0.25, 0.3) is 0 Å². The molecule has 0 aliphatic carbocycles. The highest BCUT2D eigenvalue weighted by Crippen LogP contribution is 2.23. The van der Waals surface area contributed by atoms with Crippen molar-refractivity contribution < 1.29 is 21.7 Å². The predicted octanol–water partition coefficient (Wildman–Crippen LogP) is 1.16. The van der Waals surface area contributed by atoms with Gasteiger partial charge < -0.3 is 4.52 Å². The number of hydrogen-bond acceptors (Lipinski definition) is 6. The SMILES string of the molecule is Cc1nocc1CS(=O)(=O)Cc1nnn(C)c1C(F)F. The number of alkyl halides is 2. The van der Waals surface area contributed by atoms with Crippen molar-refractivity contribution >= 4 is 9.84 Å². The molecule has 0 unspecified atom stereocenters. The molecule has 7 nitrogen and oxygen atoms in total. The lowest BCUT2D eigenvalue weighted by atomic mass is 10.3. The molecule has 2 aromatic heterocycles. The monoisotopic (exact) mass is 306 g/mol. The van der Waals surface area contributed by atoms with Gasteiger partial charge >= 0.3 is 0 Å². The van der Waals surface area contributed by atoms with Crippen molar-refractivity contribution in [3.8, 4) is 0 Å². The van der Waals surface area contributed by atoms with E-state index in [0.29, 0.717) is 11.3 Å². The summed E-state index contributed by atoms with van der Waals surface area (Å²) >= 11 is 0. The topological polar surface area (TPSA) is 90.9 Å². The number of hydrogen-bond donors (Lipinski definition) is 0. The first-order valence-electron chi connectivity index (χ1n) is 5.57. The molecule has 0 spiro atoms. The van der Waals surface area contributed by atoms with Crippen molar-refractivity contribution in [1.82, 2.24) is 20.2 Å². The Balaban J connectivity index is 2.23. The fraction of sp³-hybridized carbons (Fsp3) is 0.500. The minimum atomic E-state index is -3.67. The van der Waals surface area contributed by atoms with Crippen LogP contribution in [0, 0.1) is 6.92 Å². The zero-order chi connectivity index (χ0) is 14.9. The van der Waals surface area contributed by atoms with Gasteiger partial charge in [-0.1, -0.05) is 10.4 Å². The minimum Gasteiger partial charge on any atom is -0.364 e. The number of aromatic nitrogens is 4. The van der Waals surface area contributed by atoms with Gasteiger partial charge in [0.15, 0.2) is 9.84 Å². The number of nitrogens with zero attached hydrogens (tertiary/aromatic N) is 4. The van der Waals surface area contributed by atoms with Crippen molar-refractivity contribution in [2.75, 3.05) is 0 Å². The Morgan fingerprint density at radius 2 is 2.10 bits per heavy atom. The van der Waals surface area contributed by atoms with Crippen LogP contribution in [0.3, 0.4) is 0 Å². The Labute approximate surface area is 113 Å². The summed E-state index contributed by atoms with van der Waals surface area (Å²) in [5, 5.41) is 10.5. The summed E-state index contributed by atoms with van der Waals surface area (Å²) in [7, 11) is -2.39. The fourth-order valence-electron chi connectivity index (χ4n) is 1.72. The van der Waals surface area contributed by atoms with E-state index in [1.165, 1.54) is 13.3 Å². The van der Waals surface area contributed by atoms with Crippen LogP contribution in [-0.4, -0.2) is 28.6 Å². The molecule has 2 heterocycles. The third-order valence-corrected chi connectivity index (χ3v) is 4.20. The van der Waals surface area contributed by atoms with Gasteiger partial charge in [-0.05, 0) is 6.92 Å².